The molecule has 5 heteroatoms. The highest BCUT2D eigenvalue weighted by Gasteiger charge is 2.34. The number of hydrogen-bond acceptors (Lipinski definition) is 4. The molecule has 2 fully saturated rings. The van der Waals surface area contributed by atoms with Gasteiger partial charge in [0.25, 0.3) is 0 Å². The minimum Gasteiger partial charge on any atom is -0.379 e. The first kappa shape index (κ1) is 17.4. The quantitative estimate of drug-likeness (QED) is 0.745. The standard InChI is InChI=1S/C19H29N3O2/c1-14(23)22-16-7-5-15(6-8-16)9-10-20-18-4-2-3-17(18)19-13-24-12-11-21-19/h5-8,17-21H,2-4,9-13H2,1H3,(H,22,23). The van der Waals surface area contributed by atoms with Crippen molar-refractivity contribution in [1.82, 2.24) is 10.6 Å². The molecular weight excluding hydrogens is 302 g/mol. The summed E-state index contributed by atoms with van der Waals surface area (Å²) in [7, 11) is 0. The summed E-state index contributed by atoms with van der Waals surface area (Å²) in [5, 5.41) is 10.2. The first-order valence-corrected chi connectivity index (χ1v) is 9.13. The molecule has 3 rings (SSSR count). The van der Waals surface area contributed by atoms with E-state index in [2.05, 4.69) is 28.1 Å². The van der Waals surface area contributed by atoms with Gasteiger partial charge in [-0.25, -0.2) is 0 Å². The van der Waals surface area contributed by atoms with Crippen molar-refractivity contribution in [2.75, 3.05) is 31.6 Å². The summed E-state index contributed by atoms with van der Waals surface area (Å²) in [5.41, 5.74) is 2.16. The van der Waals surface area contributed by atoms with E-state index in [0.29, 0.717) is 18.0 Å². The maximum atomic E-state index is 11.0. The Labute approximate surface area is 144 Å². The third kappa shape index (κ3) is 4.79. The summed E-state index contributed by atoms with van der Waals surface area (Å²) < 4.78 is 5.64. The number of morpholine rings is 1. The van der Waals surface area contributed by atoms with Crippen molar-refractivity contribution in [1.29, 1.82) is 0 Å². The molecule has 1 aliphatic carbocycles. The van der Waals surface area contributed by atoms with Gasteiger partial charge in [-0.1, -0.05) is 18.6 Å². The SMILES string of the molecule is CC(=O)Nc1ccc(CCNC2CCCC2C2COCCN2)cc1. The summed E-state index contributed by atoms with van der Waals surface area (Å²) in [6.07, 6.45) is 4.89. The average Bonchev–Trinajstić information content (AvgIpc) is 3.05. The molecule has 0 bridgehead atoms. The Bertz CT molecular complexity index is 526. The van der Waals surface area contributed by atoms with Gasteiger partial charge in [-0.2, -0.15) is 0 Å². The van der Waals surface area contributed by atoms with Gasteiger partial charge in [0.2, 0.25) is 5.91 Å². The molecule has 132 valence electrons. The highest BCUT2D eigenvalue weighted by Crippen LogP contribution is 2.29. The monoisotopic (exact) mass is 331 g/mol. The minimum absolute atomic E-state index is 0.0306. The van der Waals surface area contributed by atoms with Crippen molar-refractivity contribution in [2.45, 2.75) is 44.7 Å². The van der Waals surface area contributed by atoms with Crippen LogP contribution >= 0.6 is 0 Å². The minimum atomic E-state index is -0.0306. The second kappa shape index (κ2) is 8.60. The molecule has 0 radical (unpaired) electrons. The van der Waals surface area contributed by atoms with Gasteiger partial charge in [-0.3, -0.25) is 4.79 Å². The molecule has 5 nitrogen and oxygen atoms in total. The molecule has 1 heterocycles. The maximum absolute atomic E-state index is 11.0. The predicted octanol–water partition coefficient (Wildman–Crippen LogP) is 1.93. The first-order chi connectivity index (χ1) is 11.7. The van der Waals surface area contributed by atoms with E-state index in [9.17, 15) is 4.79 Å². The molecule has 1 saturated heterocycles. The van der Waals surface area contributed by atoms with Gasteiger partial charge in [0, 0.05) is 31.2 Å². The van der Waals surface area contributed by atoms with E-state index in [-0.39, 0.29) is 5.91 Å². The van der Waals surface area contributed by atoms with Crippen molar-refractivity contribution in [3.8, 4) is 0 Å². The Balaban J connectivity index is 1.44. The molecule has 1 aromatic rings. The van der Waals surface area contributed by atoms with E-state index in [0.717, 1.165) is 38.4 Å². The van der Waals surface area contributed by atoms with Gasteiger partial charge in [-0.05, 0) is 49.4 Å². The predicted molar refractivity (Wildman–Crippen MR) is 96.2 cm³/mol. The lowest BCUT2D eigenvalue weighted by Gasteiger charge is -2.33. The second-order valence-corrected chi connectivity index (χ2v) is 6.92. The molecule has 3 atom stereocenters. The van der Waals surface area contributed by atoms with E-state index in [4.69, 9.17) is 4.74 Å². The van der Waals surface area contributed by atoms with Gasteiger partial charge < -0.3 is 20.7 Å². The molecule has 1 saturated carbocycles. The molecule has 1 aromatic carbocycles. The van der Waals surface area contributed by atoms with Gasteiger partial charge in [0.05, 0.1) is 13.2 Å². The van der Waals surface area contributed by atoms with Crippen LogP contribution in [-0.4, -0.2) is 44.3 Å². The van der Waals surface area contributed by atoms with E-state index < -0.39 is 0 Å². The molecule has 1 amide bonds. The van der Waals surface area contributed by atoms with Crippen molar-refractivity contribution in [3.63, 3.8) is 0 Å². The first-order valence-electron chi connectivity index (χ1n) is 9.13. The van der Waals surface area contributed by atoms with Crippen LogP contribution in [0.5, 0.6) is 0 Å². The average molecular weight is 331 g/mol. The Kier molecular flexibility index (Phi) is 6.24. The fourth-order valence-electron chi connectivity index (χ4n) is 3.94. The van der Waals surface area contributed by atoms with E-state index in [1.165, 1.54) is 31.7 Å². The van der Waals surface area contributed by atoms with E-state index in [1.54, 1.807) is 0 Å². The number of hydrogen-bond donors (Lipinski definition) is 3. The summed E-state index contributed by atoms with van der Waals surface area (Å²) in [6.45, 7) is 5.20. The number of benzene rings is 1. The van der Waals surface area contributed by atoms with Crippen LogP contribution in [0.4, 0.5) is 5.69 Å². The smallest absolute Gasteiger partial charge is 0.221 e. The zero-order chi connectivity index (χ0) is 16.8. The van der Waals surface area contributed by atoms with Crippen molar-refractivity contribution >= 4 is 11.6 Å². The Morgan fingerprint density at radius 2 is 2.12 bits per heavy atom. The highest BCUT2D eigenvalue weighted by molar-refractivity contribution is 5.88. The van der Waals surface area contributed by atoms with Crippen LogP contribution in [0.15, 0.2) is 24.3 Å². The zero-order valence-electron chi connectivity index (χ0n) is 14.5. The molecule has 2 aliphatic rings. The fourth-order valence-corrected chi connectivity index (χ4v) is 3.94. The zero-order valence-corrected chi connectivity index (χ0v) is 14.5. The van der Waals surface area contributed by atoms with Gasteiger partial charge in [0.15, 0.2) is 0 Å². The van der Waals surface area contributed by atoms with Crippen molar-refractivity contribution in [3.05, 3.63) is 29.8 Å². The topological polar surface area (TPSA) is 62.4 Å². The molecule has 3 unspecified atom stereocenters. The van der Waals surface area contributed by atoms with Crippen LogP contribution in [-0.2, 0) is 16.0 Å². The number of anilines is 1. The molecule has 1 aliphatic heterocycles. The van der Waals surface area contributed by atoms with Crippen LogP contribution in [0.2, 0.25) is 0 Å². The molecule has 0 spiro atoms. The van der Waals surface area contributed by atoms with Crippen molar-refractivity contribution in [2.24, 2.45) is 5.92 Å². The maximum Gasteiger partial charge on any atom is 0.221 e. The van der Waals surface area contributed by atoms with Gasteiger partial charge in [0.1, 0.15) is 0 Å². The summed E-state index contributed by atoms with van der Waals surface area (Å²) in [4.78, 5) is 11.0. The lowest BCUT2D eigenvalue weighted by molar-refractivity contribution is -0.114. The summed E-state index contributed by atoms with van der Waals surface area (Å²) >= 11 is 0. The Morgan fingerprint density at radius 1 is 1.29 bits per heavy atom. The largest absolute Gasteiger partial charge is 0.379 e. The molecular formula is C19H29N3O2. The number of nitrogens with one attached hydrogen (secondary N) is 3. The third-order valence-corrected chi connectivity index (χ3v) is 5.13. The van der Waals surface area contributed by atoms with Crippen molar-refractivity contribution < 1.29 is 9.53 Å². The normalized spacial score (nSPS) is 27.1. The second-order valence-electron chi connectivity index (χ2n) is 6.92. The van der Waals surface area contributed by atoms with Crippen LogP contribution in [0.3, 0.4) is 0 Å². The number of amides is 1. The van der Waals surface area contributed by atoms with Gasteiger partial charge in [-0.15, -0.1) is 0 Å². The highest BCUT2D eigenvalue weighted by atomic mass is 16.5. The van der Waals surface area contributed by atoms with E-state index >= 15 is 0 Å². The molecule has 3 N–H and O–H groups in total. The number of ether oxygens (including phenoxy) is 1. The van der Waals surface area contributed by atoms with E-state index in [1.807, 2.05) is 12.1 Å². The number of carbonyl (C=O) groups excluding carboxylic acids is 1. The Hall–Kier alpha value is -1.43. The summed E-state index contributed by atoms with van der Waals surface area (Å²) in [6, 6.07) is 9.24. The Morgan fingerprint density at radius 3 is 2.83 bits per heavy atom. The number of rotatable bonds is 6. The number of carbonyl (C=O) groups is 1. The lowest BCUT2D eigenvalue weighted by atomic mass is 9.94. The van der Waals surface area contributed by atoms with Crippen LogP contribution in [0, 0.1) is 5.92 Å². The summed E-state index contributed by atoms with van der Waals surface area (Å²) in [5.74, 6) is 0.657. The van der Waals surface area contributed by atoms with Crippen LogP contribution < -0.4 is 16.0 Å². The third-order valence-electron chi connectivity index (χ3n) is 5.13. The van der Waals surface area contributed by atoms with Crippen LogP contribution in [0.25, 0.3) is 0 Å². The lowest BCUT2D eigenvalue weighted by Crippen LogP contribution is -2.51. The molecule has 24 heavy (non-hydrogen) atoms. The fraction of sp³-hybridized carbons (Fsp3) is 0.632. The van der Waals surface area contributed by atoms with Gasteiger partial charge >= 0.3 is 0 Å². The molecule has 0 aromatic heterocycles. The van der Waals surface area contributed by atoms with Crippen LogP contribution in [0.1, 0.15) is 31.7 Å².